The lowest BCUT2D eigenvalue weighted by molar-refractivity contribution is 0.482. The van der Waals surface area contributed by atoms with Gasteiger partial charge in [0.05, 0.1) is 5.52 Å². The van der Waals surface area contributed by atoms with Crippen LogP contribution in [0.25, 0.3) is 10.9 Å². The summed E-state index contributed by atoms with van der Waals surface area (Å²) in [7, 11) is 0. The van der Waals surface area contributed by atoms with Gasteiger partial charge in [0.1, 0.15) is 11.5 Å². The second-order valence-electron chi connectivity index (χ2n) is 4.35. The highest BCUT2D eigenvalue weighted by molar-refractivity contribution is 6.31. The molecule has 100 valence electrons. The number of halogens is 1. The molecule has 3 rings (SSSR count). The zero-order valence-electron chi connectivity index (χ0n) is 10.7. The minimum Gasteiger partial charge on any atom is -0.456 e. The average molecular weight is 285 g/mol. The first kappa shape index (κ1) is 12.9. The molecule has 1 aromatic heterocycles. The maximum Gasteiger partial charge on any atom is 0.136 e. The van der Waals surface area contributed by atoms with Crippen molar-refractivity contribution in [2.24, 2.45) is 5.73 Å². The van der Waals surface area contributed by atoms with E-state index in [2.05, 4.69) is 4.98 Å². The molecule has 0 saturated heterocycles. The molecule has 0 saturated carbocycles. The van der Waals surface area contributed by atoms with Crippen molar-refractivity contribution in [3.63, 3.8) is 0 Å². The molecule has 0 atom stereocenters. The first-order valence-electron chi connectivity index (χ1n) is 6.28. The third-order valence-electron chi connectivity index (χ3n) is 3.11. The summed E-state index contributed by atoms with van der Waals surface area (Å²) in [5, 5.41) is 1.57. The Bertz CT molecular complexity index is 753. The first-order chi connectivity index (χ1) is 9.79. The van der Waals surface area contributed by atoms with Gasteiger partial charge in [-0.3, -0.25) is 4.98 Å². The van der Waals surface area contributed by atoms with Gasteiger partial charge < -0.3 is 10.5 Å². The molecular weight excluding hydrogens is 272 g/mol. The van der Waals surface area contributed by atoms with Crippen LogP contribution in [0.2, 0.25) is 5.02 Å². The summed E-state index contributed by atoms with van der Waals surface area (Å²) in [6, 6.07) is 15.2. The third-order valence-corrected chi connectivity index (χ3v) is 3.46. The Labute approximate surface area is 122 Å². The van der Waals surface area contributed by atoms with Crippen LogP contribution in [0.5, 0.6) is 11.5 Å². The van der Waals surface area contributed by atoms with Gasteiger partial charge in [-0.2, -0.15) is 0 Å². The summed E-state index contributed by atoms with van der Waals surface area (Å²) < 4.78 is 5.99. The van der Waals surface area contributed by atoms with Gasteiger partial charge in [0.15, 0.2) is 0 Å². The highest BCUT2D eigenvalue weighted by Crippen LogP contribution is 2.33. The van der Waals surface area contributed by atoms with Gasteiger partial charge >= 0.3 is 0 Å². The molecule has 0 aliphatic carbocycles. The Kier molecular flexibility index (Phi) is 3.54. The van der Waals surface area contributed by atoms with Crippen molar-refractivity contribution in [1.29, 1.82) is 0 Å². The van der Waals surface area contributed by atoms with Crippen molar-refractivity contribution in [2.45, 2.75) is 6.54 Å². The fourth-order valence-corrected chi connectivity index (χ4v) is 2.36. The Morgan fingerprint density at radius 2 is 1.80 bits per heavy atom. The lowest BCUT2D eigenvalue weighted by Gasteiger charge is -2.12. The van der Waals surface area contributed by atoms with E-state index in [0.717, 1.165) is 22.2 Å². The van der Waals surface area contributed by atoms with Crippen LogP contribution in [0, 0.1) is 0 Å². The van der Waals surface area contributed by atoms with E-state index in [-0.39, 0.29) is 0 Å². The van der Waals surface area contributed by atoms with Crippen molar-refractivity contribution in [3.05, 3.63) is 65.3 Å². The molecule has 0 aliphatic heterocycles. The van der Waals surface area contributed by atoms with E-state index in [1.807, 2.05) is 42.5 Å². The maximum absolute atomic E-state index is 6.14. The van der Waals surface area contributed by atoms with Crippen LogP contribution in [-0.2, 0) is 6.54 Å². The Morgan fingerprint density at radius 3 is 2.65 bits per heavy atom. The maximum atomic E-state index is 6.14. The van der Waals surface area contributed by atoms with Crippen molar-refractivity contribution < 1.29 is 4.74 Å². The minimum atomic E-state index is 0.331. The van der Waals surface area contributed by atoms with Crippen molar-refractivity contribution in [1.82, 2.24) is 4.98 Å². The highest BCUT2D eigenvalue weighted by Gasteiger charge is 2.09. The summed E-state index contributed by atoms with van der Waals surface area (Å²) in [5.74, 6) is 1.42. The van der Waals surface area contributed by atoms with Gasteiger partial charge in [-0.25, -0.2) is 0 Å². The molecule has 1 heterocycles. The van der Waals surface area contributed by atoms with Crippen LogP contribution < -0.4 is 10.5 Å². The molecule has 0 radical (unpaired) electrons. The summed E-state index contributed by atoms with van der Waals surface area (Å²) in [4.78, 5) is 4.31. The van der Waals surface area contributed by atoms with E-state index in [1.54, 1.807) is 12.3 Å². The lowest BCUT2D eigenvalue weighted by atomic mass is 10.2. The second-order valence-corrected chi connectivity index (χ2v) is 4.76. The summed E-state index contributed by atoms with van der Waals surface area (Å²) >= 11 is 6.14. The molecular formula is C16H13ClN2O. The van der Waals surface area contributed by atoms with Crippen LogP contribution in [-0.4, -0.2) is 4.98 Å². The van der Waals surface area contributed by atoms with Gasteiger partial charge in [0.25, 0.3) is 0 Å². The minimum absolute atomic E-state index is 0.331. The molecule has 3 aromatic rings. The molecule has 0 spiro atoms. The van der Waals surface area contributed by atoms with Crippen LogP contribution in [0.1, 0.15) is 5.56 Å². The fourth-order valence-electron chi connectivity index (χ4n) is 2.12. The van der Waals surface area contributed by atoms with Gasteiger partial charge in [0.2, 0.25) is 0 Å². The van der Waals surface area contributed by atoms with Crippen molar-refractivity contribution in [3.8, 4) is 11.5 Å². The number of fused-ring (bicyclic) bond motifs is 1. The molecule has 20 heavy (non-hydrogen) atoms. The number of hydrogen-bond donors (Lipinski definition) is 1. The topological polar surface area (TPSA) is 48.1 Å². The molecule has 0 fully saturated rings. The van der Waals surface area contributed by atoms with Gasteiger partial charge in [-0.05, 0) is 36.4 Å². The van der Waals surface area contributed by atoms with E-state index in [1.165, 1.54) is 0 Å². The Balaban J connectivity index is 2.08. The molecule has 0 unspecified atom stereocenters. The van der Waals surface area contributed by atoms with Crippen LogP contribution in [0.3, 0.4) is 0 Å². The van der Waals surface area contributed by atoms with Crippen LogP contribution in [0.15, 0.2) is 54.7 Å². The number of nitrogens with two attached hydrogens (primary N) is 1. The molecule has 0 aliphatic rings. The number of hydrogen-bond acceptors (Lipinski definition) is 3. The molecule has 0 amide bonds. The molecule has 2 aromatic carbocycles. The van der Waals surface area contributed by atoms with E-state index >= 15 is 0 Å². The number of benzene rings is 2. The number of ether oxygens (including phenoxy) is 1. The third kappa shape index (κ3) is 2.33. The van der Waals surface area contributed by atoms with E-state index < -0.39 is 0 Å². The fraction of sp³-hybridized carbons (Fsp3) is 0.0625. The Hall–Kier alpha value is -2.10. The lowest BCUT2D eigenvalue weighted by Crippen LogP contribution is -2.00. The van der Waals surface area contributed by atoms with Crippen LogP contribution in [0.4, 0.5) is 0 Å². The molecule has 3 nitrogen and oxygen atoms in total. The standard InChI is InChI=1S/C16H13ClN2O/c17-13-5-1-7-16(12(13)10-18)20-15-8-2-6-14-11(15)4-3-9-19-14/h1-9H,10,18H2. The van der Waals surface area contributed by atoms with E-state index in [9.17, 15) is 0 Å². The molecule has 2 N–H and O–H groups in total. The number of aromatic nitrogens is 1. The summed E-state index contributed by atoms with van der Waals surface area (Å²) in [6.07, 6.45) is 1.76. The monoisotopic (exact) mass is 284 g/mol. The Morgan fingerprint density at radius 1 is 1.00 bits per heavy atom. The SMILES string of the molecule is NCc1c(Cl)cccc1Oc1cccc2ncccc12. The zero-order valence-corrected chi connectivity index (χ0v) is 11.5. The normalized spacial score (nSPS) is 10.7. The van der Waals surface area contributed by atoms with Crippen LogP contribution >= 0.6 is 11.6 Å². The highest BCUT2D eigenvalue weighted by atomic mass is 35.5. The van der Waals surface area contributed by atoms with Gasteiger partial charge in [-0.1, -0.05) is 23.7 Å². The first-order valence-corrected chi connectivity index (χ1v) is 6.66. The molecule has 0 bridgehead atoms. The van der Waals surface area contributed by atoms with Crippen molar-refractivity contribution >= 4 is 22.5 Å². The predicted octanol–water partition coefficient (Wildman–Crippen LogP) is 4.14. The van der Waals surface area contributed by atoms with Gasteiger partial charge in [0, 0.05) is 28.7 Å². The molecule has 4 heteroatoms. The number of nitrogens with zero attached hydrogens (tertiary/aromatic N) is 1. The number of rotatable bonds is 3. The average Bonchev–Trinajstić information content (AvgIpc) is 2.48. The smallest absolute Gasteiger partial charge is 0.136 e. The van der Waals surface area contributed by atoms with E-state index in [4.69, 9.17) is 22.1 Å². The van der Waals surface area contributed by atoms with E-state index in [0.29, 0.717) is 17.3 Å². The summed E-state index contributed by atoms with van der Waals surface area (Å²) in [6.45, 7) is 0.331. The van der Waals surface area contributed by atoms with Gasteiger partial charge in [-0.15, -0.1) is 0 Å². The quantitative estimate of drug-likeness (QED) is 0.786. The number of pyridine rings is 1. The summed E-state index contributed by atoms with van der Waals surface area (Å²) in [5.41, 5.74) is 7.43. The predicted molar refractivity (Wildman–Crippen MR) is 81.2 cm³/mol. The zero-order chi connectivity index (χ0) is 13.9. The largest absolute Gasteiger partial charge is 0.456 e. The van der Waals surface area contributed by atoms with Crippen molar-refractivity contribution in [2.75, 3.05) is 0 Å². The second kappa shape index (κ2) is 5.49.